The van der Waals surface area contributed by atoms with Crippen LogP contribution in [0, 0.1) is 6.92 Å². The lowest BCUT2D eigenvalue weighted by atomic mass is 10.1. The number of nitrogens with one attached hydrogen (secondary N) is 1. The zero-order valence-corrected chi connectivity index (χ0v) is 18.4. The molecule has 0 amide bonds. The van der Waals surface area contributed by atoms with Crippen LogP contribution in [0.1, 0.15) is 24.1 Å². The first-order chi connectivity index (χ1) is 15.1. The smallest absolute Gasteiger partial charge is 0.0738 e. The van der Waals surface area contributed by atoms with Crippen molar-refractivity contribution in [1.29, 1.82) is 0 Å². The second kappa shape index (κ2) is 8.25. The summed E-state index contributed by atoms with van der Waals surface area (Å²) >= 11 is 6.18. The Hall–Kier alpha value is -3.02. The van der Waals surface area contributed by atoms with Crippen molar-refractivity contribution in [2.24, 2.45) is 0 Å². The van der Waals surface area contributed by atoms with E-state index in [1.54, 1.807) is 0 Å². The Morgan fingerprint density at radius 3 is 2.58 bits per heavy atom. The summed E-state index contributed by atoms with van der Waals surface area (Å²) in [4.78, 5) is 7.01. The monoisotopic (exact) mass is 431 g/mol. The Bertz CT molecular complexity index is 1220. The second-order valence-corrected chi connectivity index (χ2v) is 8.65. The van der Waals surface area contributed by atoms with Crippen molar-refractivity contribution >= 4 is 33.9 Å². The summed E-state index contributed by atoms with van der Waals surface area (Å²) in [5, 5.41) is 1.72. The van der Waals surface area contributed by atoms with Gasteiger partial charge in [-0.3, -0.25) is 20.0 Å². The highest BCUT2D eigenvalue weighted by Gasteiger charge is 2.19. The Morgan fingerprint density at radius 1 is 1.03 bits per heavy atom. The fourth-order valence-electron chi connectivity index (χ4n) is 4.35. The minimum absolute atomic E-state index is 0.685. The van der Waals surface area contributed by atoms with E-state index in [0.29, 0.717) is 5.02 Å². The molecular weight excluding hydrogens is 406 g/mol. The maximum Gasteiger partial charge on any atom is 0.0738 e. The summed E-state index contributed by atoms with van der Waals surface area (Å²) in [6.07, 6.45) is 4.39. The maximum atomic E-state index is 6.18. The highest BCUT2D eigenvalue weighted by atomic mass is 35.5. The Labute approximate surface area is 187 Å². The third-order valence-corrected chi connectivity index (χ3v) is 6.32. The number of nitrogens with two attached hydrogens (primary N) is 1. The number of pyridine rings is 1. The van der Waals surface area contributed by atoms with Crippen LogP contribution in [0.25, 0.3) is 22.2 Å². The molecule has 1 saturated heterocycles. The number of hydrogen-bond acceptors (Lipinski definition) is 4. The van der Waals surface area contributed by atoms with Crippen LogP contribution in [0.4, 0.5) is 11.4 Å². The summed E-state index contributed by atoms with van der Waals surface area (Å²) in [6.45, 7) is 5.49. The molecule has 1 fully saturated rings. The molecule has 5 nitrogen and oxygen atoms in total. The van der Waals surface area contributed by atoms with E-state index in [2.05, 4.69) is 45.1 Å². The Kier molecular flexibility index (Phi) is 5.30. The molecule has 0 atom stereocenters. The number of fused-ring (bicyclic) bond motifs is 1. The van der Waals surface area contributed by atoms with Crippen LogP contribution in [-0.2, 0) is 6.54 Å². The molecule has 0 unspecified atom stereocenters. The van der Waals surface area contributed by atoms with Crippen LogP contribution in [0.2, 0.25) is 5.02 Å². The van der Waals surface area contributed by atoms with Gasteiger partial charge in [0.25, 0.3) is 0 Å². The van der Waals surface area contributed by atoms with Crippen molar-refractivity contribution in [1.82, 2.24) is 14.6 Å². The van der Waals surface area contributed by atoms with Crippen molar-refractivity contribution in [2.45, 2.75) is 26.3 Å². The zero-order chi connectivity index (χ0) is 21.4. The second-order valence-electron chi connectivity index (χ2n) is 8.21. The molecule has 1 aliphatic rings. The highest BCUT2D eigenvalue weighted by molar-refractivity contribution is 6.31. The van der Waals surface area contributed by atoms with Gasteiger partial charge in [-0.15, -0.1) is 0 Å². The SMILES string of the molecule is Cc1c(CN2CCCC2)cc(-c2ccc(N)cc2)n1Nc1ccnc2cc(Cl)ccc12. The summed E-state index contributed by atoms with van der Waals surface area (Å²) in [5.41, 5.74) is 17.0. The molecule has 0 saturated carbocycles. The van der Waals surface area contributed by atoms with Crippen LogP contribution in [0.3, 0.4) is 0 Å². The Morgan fingerprint density at radius 2 is 1.81 bits per heavy atom. The van der Waals surface area contributed by atoms with E-state index in [4.69, 9.17) is 17.3 Å². The van der Waals surface area contributed by atoms with E-state index in [9.17, 15) is 0 Å². The first-order valence-corrected chi connectivity index (χ1v) is 11.1. The summed E-state index contributed by atoms with van der Waals surface area (Å²) < 4.78 is 2.18. The number of rotatable bonds is 5. The molecule has 5 rings (SSSR count). The van der Waals surface area contributed by atoms with Gasteiger partial charge in [0.2, 0.25) is 0 Å². The van der Waals surface area contributed by atoms with Gasteiger partial charge in [-0.1, -0.05) is 23.7 Å². The van der Waals surface area contributed by atoms with Crippen LogP contribution in [0.15, 0.2) is 60.8 Å². The first kappa shape index (κ1) is 19.9. The average molecular weight is 432 g/mol. The van der Waals surface area contributed by atoms with Gasteiger partial charge in [-0.2, -0.15) is 0 Å². The van der Waals surface area contributed by atoms with Crippen LogP contribution >= 0.6 is 11.6 Å². The molecule has 6 heteroatoms. The lowest BCUT2D eigenvalue weighted by Gasteiger charge is -2.17. The van der Waals surface area contributed by atoms with E-state index < -0.39 is 0 Å². The van der Waals surface area contributed by atoms with Gasteiger partial charge in [0, 0.05) is 40.1 Å². The lowest BCUT2D eigenvalue weighted by molar-refractivity contribution is 0.330. The largest absolute Gasteiger partial charge is 0.399 e. The van der Waals surface area contributed by atoms with Crippen LogP contribution < -0.4 is 11.2 Å². The number of anilines is 2. The van der Waals surface area contributed by atoms with E-state index in [-0.39, 0.29) is 0 Å². The third-order valence-electron chi connectivity index (χ3n) is 6.09. The van der Waals surface area contributed by atoms with Crippen molar-refractivity contribution < 1.29 is 0 Å². The van der Waals surface area contributed by atoms with Crippen molar-refractivity contribution in [2.75, 3.05) is 24.2 Å². The summed E-state index contributed by atoms with van der Waals surface area (Å²) in [6, 6.07) is 18.2. The molecule has 31 heavy (non-hydrogen) atoms. The molecule has 3 N–H and O–H groups in total. The molecule has 2 aromatic carbocycles. The maximum absolute atomic E-state index is 6.18. The van der Waals surface area contributed by atoms with Gasteiger partial charge in [-0.25, -0.2) is 0 Å². The molecule has 0 bridgehead atoms. The minimum atomic E-state index is 0.685. The van der Waals surface area contributed by atoms with E-state index in [1.807, 2.05) is 42.6 Å². The zero-order valence-electron chi connectivity index (χ0n) is 17.6. The first-order valence-electron chi connectivity index (χ1n) is 10.7. The summed E-state index contributed by atoms with van der Waals surface area (Å²) in [7, 11) is 0. The minimum Gasteiger partial charge on any atom is -0.399 e. The van der Waals surface area contributed by atoms with Gasteiger partial charge in [-0.05, 0) is 80.9 Å². The van der Waals surface area contributed by atoms with Gasteiger partial charge < -0.3 is 5.73 Å². The van der Waals surface area contributed by atoms with Gasteiger partial charge in [0.15, 0.2) is 0 Å². The fraction of sp³-hybridized carbons (Fsp3) is 0.240. The molecule has 158 valence electrons. The Balaban J connectivity index is 1.59. The number of aromatic nitrogens is 2. The summed E-state index contributed by atoms with van der Waals surface area (Å²) in [5.74, 6) is 0. The predicted molar refractivity (Wildman–Crippen MR) is 129 cm³/mol. The number of nitrogen functional groups attached to an aromatic ring is 1. The van der Waals surface area contributed by atoms with Gasteiger partial charge in [0.1, 0.15) is 0 Å². The topological polar surface area (TPSA) is 59.1 Å². The van der Waals surface area contributed by atoms with Gasteiger partial charge >= 0.3 is 0 Å². The highest BCUT2D eigenvalue weighted by Crippen LogP contribution is 2.30. The van der Waals surface area contributed by atoms with E-state index >= 15 is 0 Å². The molecule has 2 aromatic heterocycles. The van der Waals surface area contributed by atoms with Crippen molar-refractivity contribution in [3.05, 3.63) is 77.1 Å². The van der Waals surface area contributed by atoms with Gasteiger partial charge in [0.05, 0.1) is 16.9 Å². The average Bonchev–Trinajstić information content (AvgIpc) is 3.38. The standard InChI is InChI=1S/C25H26ClN5/c1-17-19(16-30-12-2-3-13-30)14-25(18-4-7-21(27)8-5-18)31(17)29-23-10-11-28-24-15-20(26)6-9-22(23)24/h4-11,14-15H,2-3,12-13,16,27H2,1H3,(H,28,29). The van der Waals surface area contributed by atoms with E-state index in [1.165, 1.54) is 37.2 Å². The lowest BCUT2D eigenvalue weighted by Crippen LogP contribution is -2.19. The van der Waals surface area contributed by atoms with Crippen molar-refractivity contribution in [3.63, 3.8) is 0 Å². The molecule has 3 heterocycles. The van der Waals surface area contributed by atoms with Crippen LogP contribution in [0.5, 0.6) is 0 Å². The van der Waals surface area contributed by atoms with Crippen molar-refractivity contribution in [3.8, 4) is 11.3 Å². The number of hydrogen-bond donors (Lipinski definition) is 2. The molecule has 0 spiro atoms. The molecular formula is C25H26ClN5. The number of likely N-dealkylation sites (tertiary alicyclic amines) is 1. The normalized spacial score (nSPS) is 14.4. The van der Waals surface area contributed by atoms with Crippen LogP contribution in [-0.4, -0.2) is 27.6 Å². The number of nitrogens with zero attached hydrogens (tertiary/aromatic N) is 3. The molecule has 0 aliphatic carbocycles. The third kappa shape index (κ3) is 3.99. The molecule has 0 radical (unpaired) electrons. The van der Waals surface area contributed by atoms with E-state index in [0.717, 1.165) is 40.1 Å². The fourth-order valence-corrected chi connectivity index (χ4v) is 4.52. The molecule has 4 aromatic rings. The predicted octanol–water partition coefficient (Wildman–Crippen LogP) is 5.72. The quantitative estimate of drug-likeness (QED) is 0.397. The number of halogens is 1. The number of benzene rings is 2. The molecule has 1 aliphatic heterocycles.